The van der Waals surface area contributed by atoms with Gasteiger partial charge in [-0.3, -0.25) is 0 Å². The molecule has 1 N–H and O–H groups in total. The molecule has 0 bridgehead atoms. The molecule has 3 atom stereocenters. The van der Waals surface area contributed by atoms with Crippen LogP contribution in [0, 0.1) is 11.8 Å². The summed E-state index contributed by atoms with van der Waals surface area (Å²) in [6.07, 6.45) is 5.50. The van der Waals surface area contributed by atoms with Crippen LogP contribution in [-0.2, 0) is 0 Å². The number of allylic oxidation sites excluding steroid dienone is 2. The molecule has 0 unspecified atom stereocenters. The first-order valence-electron chi connectivity index (χ1n) is 6.86. The lowest BCUT2D eigenvalue weighted by Gasteiger charge is -2.39. The van der Waals surface area contributed by atoms with E-state index < -0.39 is 5.97 Å². The highest BCUT2D eigenvalue weighted by atomic mass is 16.4. The molecule has 0 radical (unpaired) electrons. The summed E-state index contributed by atoms with van der Waals surface area (Å²) in [5, 5.41) is 14.6. The Morgan fingerprint density at radius 3 is 2.89 bits per heavy atom. The van der Waals surface area contributed by atoms with Crippen LogP contribution in [-0.4, -0.2) is 12.0 Å². The molecule has 1 aliphatic carbocycles. The predicted octanol–water partition coefficient (Wildman–Crippen LogP) is 2.16. The number of nitrogens with one attached hydrogen (secondary N) is 1. The van der Waals surface area contributed by atoms with E-state index >= 15 is 0 Å². The number of anilines is 1. The zero-order valence-electron chi connectivity index (χ0n) is 11.2. The zero-order valence-corrected chi connectivity index (χ0v) is 11.2. The fourth-order valence-electron chi connectivity index (χ4n) is 3.42. The Kier molecular flexibility index (Phi) is 2.85. The third kappa shape index (κ3) is 1.93. The van der Waals surface area contributed by atoms with Crippen molar-refractivity contribution in [1.29, 1.82) is 0 Å². The molecule has 1 aromatic carbocycles. The summed E-state index contributed by atoms with van der Waals surface area (Å²) < 4.78 is 0. The number of carboxylic acid groups (broad SMARTS) is 1. The van der Waals surface area contributed by atoms with E-state index in [1.54, 1.807) is 12.1 Å². The molecular weight excluding hydrogens is 238 g/mol. The molecule has 0 amide bonds. The van der Waals surface area contributed by atoms with Crippen molar-refractivity contribution in [2.24, 2.45) is 11.8 Å². The first-order chi connectivity index (χ1) is 9.08. The number of hydrogen-bond donors (Lipinski definition) is 1. The van der Waals surface area contributed by atoms with Crippen molar-refractivity contribution in [3.63, 3.8) is 0 Å². The van der Waals surface area contributed by atoms with Crippen LogP contribution >= 0.6 is 0 Å². The molecule has 0 saturated carbocycles. The molecule has 3 nitrogen and oxygen atoms in total. The van der Waals surface area contributed by atoms with Gasteiger partial charge in [-0.1, -0.05) is 32.1 Å². The van der Waals surface area contributed by atoms with Crippen LogP contribution in [0.4, 0.5) is 5.69 Å². The van der Waals surface area contributed by atoms with E-state index in [2.05, 4.69) is 31.3 Å². The largest absolute Gasteiger partial charge is 0.545 e. The predicted molar refractivity (Wildman–Crippen MR) is 73.0 cm³/mol. The Hall–Kier alpha value is -1.77. The number of benzene rings is 1. The minimum absolute atomic E-state index is 0.266. The average molecular weight is 256 g/mol. The van der Waals surface area contributed by atoms with E-state index in [0.717, 1.165) is 17.7 Å². The van der Waals surface area contributed by atoms with Crippen molar-refractivity contribution in [3.8, 4) is 0 Å². The smallest absolute Gasteiger partial charge is 0.0715 e. The molecule has 0 fully saturated rings. The topological polar surface area (TPSA) is 52.2 Å². The van der Waals surface area contributed by atoms with Gasteiger partial charge in [-0.15, -0.1) is 0 Å². The van der Waals surface area contributed by atoms with Gasteiger partial charge >= 0.3 is 0 Å². The van der Waals surface area contributed by atoms with Crippen molar-refractivity contribution in [2.45, 2.75) is 32.2 Å². The summed E-state index contributed by atoms with van der Waals surface area (Å²) in [6.45, 7) is 4.46. The quantitative estimate of drug-likeness (QED) is 0.825. The van der Waals surface area contributed by atoms with Gasteiger partial charge in [0.05, 0.1) is 5.97 Å². The van der Waals surface area contributed by atoms with Gasteiger partial charge in [-0.2, -0.15) is 0 Å². The minimum atomic E-state index is -1.10. The van der Waals surface area contributed by atoms with Crippen molar-refractivity contribution in [2.75, 3.05) is 5.32 Å². The van der Waals surface area contributed by atoms with Gasteiger partial charge in [0.2, 0.25) is 0 Å². The average Bonchev–Trinajstić information content (AvgIpc) is 2.86. The van der Waals surface area contributed by atoms with E-state index in [4.69, 9.17) is 0 Å². The van der Waals surface area contributed by atoms with Gasteiger partial charge in [-0.05, 0) is 41.5 Å². The third-order valence-electron chi connectivity index (χ3n) is 4.36. The molecule has 0 aromatic heterocycles. The Bertz CT molecular complexity index is 548. The standard InChI is InChI=1S/C16H19NO2/c1-9(2)15-12-5-3-4-11(12)13-8-10(16(18)19)6-7-14(13)17-15/h3-4,6-9,11-12,15,17H,5H2,1-2H3,(H,18,19)/p-1/t11-,12-,15+/m1/s1. The number of aromatic carboxylic acids is 1. The molecule has 1 aliphatic heterocycles. The number of hydrogen-bond acceptors (Lipinski definition) is 3. The molecular formula is C16H18NO2-. The first kappa shape index (κ1) is 12.3. The van der Waals surface area contributed by atoms with Crippen LogP contribution in [0.1, 0.15) is 42.1 Å². The van der Waals surface area contributed by atoms with E-state index in [1.807, 2.05) is 6.07 Å². The van der Waals surface area contributed by atoms with Crippen LogP contribution in [0.5, 0.6) is 0 Å². The summed E-state index contributed by atoms with van der Waals surface area (Å²) in [5.74, 6) is 0.320. The summed E-state index contributed by atoms with van der Waals surface area (Å²) in [5.41, 5.74) is 2.43. The van der Waals surface area contributed by atoms with E-state index in [1.165, 1.54) is 0 Å². The number of carbonyl (C=O) groups is 1. The van der Waals surface area contributed by atoms with Crippen molar-refractivity contribution < 1.29 is 9.90 Å². The summed E-state index contributed by atoms with van der Waals surface area (Å²) in [4.78, 5) is 11.0. The molecule has 0 saturated heterocycles. The van der Waals surface area contributed by atoms with Crippen LogP contribution in [0.25, 0.3) is 0 Å². The van der Waals surface area contributed by atoms with Crippen LogP contribution in [0.2, 0.25) is 0 Å². The summed E-state index contributed by atoms with van der Waals surface area (Å²) >= 11 is 0. The molecule has 3 rings (SSSR count). The summed E-state index contributed by atoms with van der Waals surface area (Å²) in [7, 11) is 0. The lowest BCUT2D eigenvalue weighted by molar-refractivity contribution is -0.255. The van der Waals surface area contributed by atoms with Crippen LogP contribution in [0.3, 0.4) is 0 Å². The zero-order chi connectivity index (χ0) is 13.6. The maximum Gasteiger partial charge on any atom is 0.0715 e. The van der Waals surface area contributed by atoms with Gasteiger partial charge in [-0.25, -0.2) is 0 Å². The normalized spacial score (nSPS) is 27.8. The van der Waals surface area contributed by atoms with Gasteiger partial charge in [0, 0.05) is 17.6 Å². The second-order valence-electron chi connectivity index (χ2n) is 5.86. The van der Waals surface area contributed by atoms with Gasteiger partial charge < -0.3 is 15.2 Å². The first-order valence-corrected chi connectivity index (χ1v) is 6.86. The Labute approximate surface area is 113 Å². The molecule has 1 aromatic rings. The minimum Gasteiger partial charge on any atom is -0.545 e. The van der Waals surface area contributed by atoms with Crippen molar-refractivity contribution in [3.05, 3.63) is 41.5 Å². The maximum atomic E-state index is 11.0. The number of carboxylic acids is 1. The van der Waals surface area contributed by atoms with E-state index in [9.17, 15) is 9.90 Å². The highest BCUT2D eigenvalue weighted by Crippen LogP contribution is 2.46. The number of rotatable bonds is 2. The second-order valence-corrected chi connectivity index (χ2v) is 5.86. The molecule has 2 aliphatic rings. The monoisotopic (exact) mass is 256 g/mol. The highest BCUT2D eigenvalue weighted by Gasteiger charge is 2.38. The number of fused-ring (bicyclic) bond motifs is 3. The van der Waals surface area contributed by atoms with Crippen molar-refractivity contribution in [1.82, 2.24) is 0 Å². The van der Waals surface area contributed by atoms with Crippen LogP contribution in [0.15, 0.2) is 30.4 Å². The Balaban J connectivity index is 2.05. The lowest BCUT2D eigenvalue weighted by atomic mass is 9.75. The maximum absolute atomic E-state index is 11.0. The summed E-state index contributed by atoms with van der Waals surface area (Å²) in [6, 6.07) is 5.71. The Morgan fingerprint density at radius 2 is 2.21 bits per heavy atom. The second kappa shape index (κ2) is 4.41. The third-order valence-corrected chi connectivity index (χ3v) is 4.36. The number of carbonyl (C=O) groups excluding carboxylic acids is 1. The highest BCUT2D eigenvalue weighted by molar-refractivity contribution is 5.87. The molecule has 0 spiro atoms. The van der Waals surface area contributed by atoms with Gasteiger partial charge in [0.1, 0.15) is 0 Å². The lowest BCUT2D eigenvalue weighted by Crippen LogP contribution is -2.39. The fourth-order valence-corrected chi connectivity index (χ4v) is 3.42. The van der Waals surface area contributed by atoms with Gasteiger partial charge in [0.25, 0.3) is 0 Å². The molecule has 3 heteroatoms. The molecule has 19 heavy (non-hydrogen) atoms. The van der Waals surface area contributed by atoms with Gasteiger partial charge in [0.15, 0.2) is 0 Å². The molecule has 1 heterocycles. The Morgan fingerprint density at radius 1 is 1.42 bits per heavy atom. The van der Waals surface area contributed by atoms with E-state index in [-0.39, 0.29) is 5.56 Å². The van der Waals surface area contributed by atoms with E-state index in [0.29, 0.717) is 23.8 Å². The van der Waals surface area contributed by atoms with Crippen LogP contribution < -0.4 is 10.4 Å². The SMILES string of the molecule is CC(C)[C@@H]1Nc2ccc(C(=O)[O-])cc2[C@@H]2C=CC[C@H]21. The van der Waals surface area contributed by atoms with Crippen molar-refractivity contribution >= 4 is 11.7 Å². The molecule has 100 valence electrons. The fraction of sp³-hybridized carbons (Fsp3) is 0.438.